The minimum absolute atomic E-state index is 0.326. The molecular formula is C25H22FN2O3+. The number of rotatable bonds is 4. The highest BCUT2D eigenvalue weighted by Gasteiger charge is 2.30. The molecule has 0 saturated carbocycles. The van der Waals surface area contributed by atoms with Crippen molar-refractivity contribution in [2.24, 2.45) is 7.05 Å². The summed E-state index contributed by atoms with van der Waals surface area (Å²) in [6.45, 7) is 0.985. The van der Waals surface area contributed by atoms with E-state index >= 15 is 0 Å². The van der Waals surface area contributed by atoms with Gasteiger partial charge in [0.05, 0.1) is 21.9 Å². The lowest BCUT2D eigenvalue weighted by Crippen LogP contribution is -2.33. The van der Waals surface area contributed by atoms with E-state index in [0.29, 0.717) is 30.0 Å². The first kappa shape index (κ1) is 19.5. The molecule has 4 aromatic rings. The number of aryl methyl sites for hydroxylation is 1. The number of carbonyl (C=O) groups excluding carboxylic acids is 1. The molecule has 0 aliphatic carbocycles. The number of fused-ring (bicyclic) bond motifs is 4. The number of hydrogen-bond donors (Lipinski definition) is 0. The number of ether oxygens (including phenoxy) is 2. The summed E-state index contributed by atoms with van der Waals surface area (Å²) in [5.41, 5.74) is 2.89. The summed E-state index contributed by atoms with van der Waals surface area (Å²) in [6, 6.07) is 16.0. The van der Waals surface area contributed by atoms with Gasteiger partial charge in [0.25, 0.3) is 0 Å². The van der Waals surface area contributed by atoms with Crippen molar-refractivity contribution < 1.29 is 23.2 Å². The zero-order chi connectivity index (χ0) is 21.7. The molecule has 0 spiro atoms. The number of aromatic nitrogens is 1. The number of likely N-dealkylation sites (N-methyl/N-ethyl adjacent to an activating group) is 1. The summed E-state index contributed by atoms with van der Waals surface area (Å²) in [7, 11) is 5.79. The summed E-state index contributed by atoms with van der Waals surface area (Å²) in [6.07, 6.45) is 0. The summed E-state index contributed by atoms with van der Waals surface area (Å²) >= 11 is 0. The topological polar surface area (TPSA) is 42.7 Å². The SMILES string of the molecule is CN(C)CCOC(=O)c1ccc2c3cccc4c3c([n+](C)c2c1)-c1cc(F)ccc1O4. The average Bonchev–Trinajstić information content (AvgIpc) is 2.75. The zero-order valence-corrected chi connectivity index (χ0v) is 17.6. The van der Waals surface area contributed by atoms with Crippen LogP contribution in [0.25, 0.3) is 32.9 Å². The van der Waals surface area contributed by atoms with Gasteiger partial charge in [-0.2, -0.15) is 4.57 Å². The lowest BCUT2D eigenvalue weighted by atomic mass is 9.95. The number of pyridine rings is 1. The number of nitrogens with zero attached hydrogens (tertiary/aromatic N) is 2. The van der Waals surface area contributed by atoms with Crippen LogP contribution < -0.4 is 9.30 Å². The van der Waals surface area contributed by atoms with Gasteiger partial charge < -0.3 is 14.4 Å². The Morgan fingerprint density at radius 3 is 2.71 bits per heavy atom. The molecule has 3 aromatic carbocycles. The molecule has 5 nitrogen and oxygen atoms in total. The fourth-order valence-electron chi connectivity index (χ4n) is 4.15. The van der Waals surface area contributed by atoms with E-state index in [1.165, 1.54) is 12.1 Å². The van der Waals surface area contributed by atoms with Crippen LogP contribution in [0.2, 0.25) is 0 Å². The van der Waals surface area contributed by atoms with E-state index in [9.17, 15) is 9.18 Å². The van der Waals surface area contributed by atoms with E-state index in [-0.39, 0.29) is 11.8 Å². The van der Waals surface area contributed by atoms with Gasteiger partial charge in [0.1, 0.15) is 31.0 Å². The van der Waals surface area contributed by atoms with Gasteiger partial charge in [-0.05, 0) is 50.5 Å². The molecule has 0 bridgehead atoms. The van der Waals surface area contributed by atoms with Gasteiger partial charge >= 0.3 is 5.97 Å². The minimum Gasteiger partial charge on any atom is -0.461 e. The van der Waals surface area contributed by atoms with Crippen molar-refractivity contribution in [3.8, 4) is 22.8 Å². The third kappa shape index (κ3) is 3.20. The largest absolute Gasteiger partial charge is 0.461 e. The van der Waals surface area contributed by atoms with Gasteiger partial charge in [-0.25, -0.2) is 9.18 Å². The molecule has 0 saturated heterocycles. The van der Waals surface area contributed by atoms with Gasteiger partial charge in [0.2, 0.25) is 11.2 Å². The lowest BCUT2D eigenvalue weighted by Gasteiger charge is -2.20. The van der Waals surface area contributed by atoms with Crippen molar-refractivity contribution in [3.63, 3.8) is 0 Å². The molecule has 0 fully saturated rings. The molecule has 156 valence electrons. The second-order valence-corrected chi connectivity index (χ2v) is 8.00. The normalized spacial score (nSPS) is 12.2. The Morgan fingerprint density at radius 1 is 1.06 bits per heavy atom. The number of esters is 1. The van der Waals surface area contributed by atoms with E-state index in [2.05, 4.69) is 0 Å². The standard InChI is InChI=1S/C25H22FN2O3/c1-27(2)11-12-30-25(29)15-7-9-17-18-5-4-6-22-23(18)24(28(3)20(17)13-15)19-14-16(26)8-10-21(19)31-22/h4-10,13-14H,11-12H2,1-3H3/q+1. The minimum atomic E-state index is -0.360. The van der Waals surface area contributed by atoms with Crippen LogP contribution >= 0.6 is 0 Å². The Morgan fingerprint density at radius 2 is 1.90 bits per heavy atom. The van der Waals surface area contributed by atoms with Crippen LogP contribution in [0, 0.1) is 5.82 Å². The van der Waals surface area contributed by atoms with E-state index < -0.39 is 0 Å². The molecular weight excluding hydrogens is 395 g/mol. The van der Waals surface area contributed by atoms with Crippen molar-refractivity contribution in [2.75, 3.05) is 27.2 Å². The maximum Gasteiger partial charge on any atom is 0.338 e. The smallest absolute Gasteiger partial charge is 0.338 e. The van der Waals surface area contributed by atoms with Crippen LogP contribution in [0.1, 0.15) is 10.4 Å². The van der Waals surface area contributed by atoms with Crippen molar-refractivity contribution in [1.82, 2.24) is 4.90 Å². The molecule has 0 radical (unpaired) electrons. The summed E-state index contributed by atoms with van der Waals surface area (Å²) in [5, 5.41) is 2.90. The summed E-state index contributed by atoms with van der Waals surface area (Å²) in [4.78, 5) is 14.5. The first-order valence-electron chi connectivity index (χ1n) is 10.1. The highest BCUT2D eigenvalue weighted by molar-refractivity contribution is 6.13. The van der Waals surface area contributed by atoms with E-state index in [0.717, 1.165) is 33.1 Å². The van der Waals surface area contributed by atoms with E-state index in [1.54, 1.807) is 12.1 Å². The Kier molecular flexibility index (Phi) is 4.59. The van der Waals surface area contributed by atoms with Crippen molar-refractivity contribution in [1.29, 1.82) is 0 Å². The van der Waals surface area contributed by atoms with Crippen molar-refractivity contribution >= 4 is 27.6 Å². The van der Waals surface area contributed by atoms with Gasteiger partial charge in [0, 0.05) is 18.0 Å². The first-order chi connectivity index (χ1) is 14.9. The Bertz CT molecular complexity index is 1360. The number of carbonyl (C=O) groups is 1. The predicted molar refractivity (Wildman–Crippen MR) is 117 cm³/mol. The molecule has 2 heterocycles. The fraction of sp³-hybridized carbons (Fsp3) is 0.200. The van der Waals surface area contributed by atoms with Gasteiger partial charge in [0.15, 0.2) is 0 Å². The second-order valence-electron chi connectivity index (χ2n) is 8.00. The Labute approximate surface area is 179 Å². The quantitative estimate of drug-likeness (QED) is 0.246. The molecule has 0 unspecified atom stereocenters. The third-order valence-electron chi connectivity index (χ3n) is 5.67. The molecule has 31 heavy (non-hydrogen) atoms. The molecule has 5 rings (SSSR count). The lowest BCUT2D eigenvalue weighted by molar-refractivity contribution is -0.632. The van der Waals surface area contributed by atoms with Crippen LogP contribution in [0.15, 0.2) is 54.6 Å². The predicted octanol–water partition coefficient (Wildman–Crippen LogP) is 4.45. The van der Waals surface area contributed by atoms with Gasteiger partial charge in [-0.3, -0.25) is 0 Å². The molecule has 0 N–H and O–H groups in total. The van der Waals surface area contributed by atoms with Crippen molar-refractivity contribution in [3.05, 3.63) is 66.0 Å². The monoisotopic (exact) mass is 417 g/mol. The summed E-state index contributed by atoms with van der Waals surface area (Å²) < 4.78 is 27.6. The van der Waals surface area contributed by atoms with Crippen LogP contribution in [0.5, 0.6) is 11.5 Å². The van der Waals surface area contributed by atoms with E-state index in [1.807, 2.05) is 60.9 Å². The molecule has 6 heteroatoms. The van der Waals surface area contributed by atoms with Gasteiger partial charge in [-0.1, -0.05) is 12.1 Å². The second kappa shape index (κ2) is 7.32. The molecule has 0 atom stereocenters. The fourth-order valence-corrected chi connectivity index (χ4v) is 4.15. The highest BCUT2D eigenvalue weighted by atomic mass is 19.1. The molecule has 0 amide bonds. The zero-order valence-electron chi connectivity index (χ0n) is 17.6. The molecule has 1 aliphatic heterocycles. The Hall–Kier alpha value is -3.51. The first-order valence-corrected chi connectivity index (χ1v) is 10.1. The van der Waals surface area contributed by atoms with Crippen LogP contribution in [0.3, 0.4) is 0 Å². The van der Waals surface area contributed by atoms with Crippen LogP contribution in [-0.2, 0) is 11.8 Å². The maximum absolute atomic E-state index is 14.1. The molecule has 1 aliphatic rings. The number of hydrogen-bond acceptors (Lipinski definition) is 4. The number of halogens is 1. The number of benzene rings is 3. The molecule has 1 aromatic heterocycles. The summed E-state index contributed by atoms with van der Waals surface area (Å²) in [5.74, 6) is 0.654. The van der Waals surface area contributed by atoms with Crippen LogP contribution in [0.4, 0.5) is 4.39 Å². The maximum atomic E-state index is 14.1. The van der Waals surface area contributed by atoms with Crippen molar-refractivity contribution in [2.45, 2.75) is 0 Å². The highest BCUT2D eigenvalue weighted by Crippen LogP contribution is 2.46. The average molecular weight is 417 g/mol. The van der Waals surface area contributed by atoms with Crippen LogP contribution in [-0.4, -0.2) is 38.1 Å². The third-order valence-corrected chi connectivity index (χ3v) is 5.67. The van der Waals surface area contributed by atoms with E-state index in [4.69, 9.17) is 9.47 Å². The van der Waals surface area contributed by atoms with Gasteiger partial charge in [-0.15, -0.1) is 0 Å². The Balaban J connectivity index is 1.72.